The Morgan fingerprint density at radius 1 is 1.24 bits per heavy atom. The van der Waals surface area contributed by atoms with E-state index in [1.54, 1.807) is 13.2 Å². The van der Waals surface area contributed by atoms with Gasteiger partial charge in [-0.15, -0.1) is 0 Å². The van der Waals surface area contributed by atoms with Crippen LogP contribution in [0.1, 0.15) is 67.5 Å². The van der Waals surface area contributed by atoms with Gasteiger partial charge in [-0.2, -0.15) is 0 Å². The van der Waals surface area contributed by atoms with Crippen molar-refractivity contribution in [2.24, 2.45) is 0 Å². The quantitative estimate of drug-likeness (QED) is 0.358. The molecule has 2 aliphatic rings. The Labute approximate surface area is 224 Å². The molecule has 1 saturated heterocycles. The molecule has 0 radical (unpaired) electrons. The second-order valence-electron chi connectivity index (χ2n) is 10.1. The maximum atomic E-state index is 14.6. The van der Waals surface area contributed by atoms with Crippen LogP contribution >= 0.6 is 0 Å². The third-order valence-corrected chi connectivity index (χ3v) is 7.50. The molecular weight excluding hydrogens is 489 g/mol. The number of aliphatic carboxylic acids is 1. The summed E-state index contributed by atoms with van der Waals surface area (Å²) in [4.78, 5) is 18.9. The summed E-state index contributed by atoms with van der Waals surface area (Å²) in [5.74, 6) is 0.342. The third kappa shape index (κ3) is 6.56. The molecule has 0 amide bonds. The first-order valence-electron chi connectivity index (χ1n) is 13.7. The van der Waals surface area contributed by atoms with Crippen LogP contribution in [0.4, 0.5) is 10.2 Å². The first-order valence-corrected chi connectivity index (χ1v) is 13.7. The molecular formula is C29H40FN3O5. The van der Waals surface area contributed by atoms with Gasteiger partial charge in [0.05, 0.1) is 20.3 Å². The fourth-order valence-corrected chi connectivity index (χ4v) is 5.51. The molecule has 8 nitrogen and oxygen atoms in total. The number of nitrogens with zero attached hydrogens (tertiary/aromatic N) is 2. The Hall–Kier alpha value is -2.91. The normalized spacial score (nSPS) is 18.1. The van der Waals surface area contributed by atoms with Crippen LogP contribution in [0.5, 0.6) is 11.5 Å². The second kappa shape index (κ2) is 13.2. The minimum atomic E-state index is -1.01. The Morgan fingerprint density at radius 3 is 2.82 bits per heavy atom. The van der Waals surface area contributed by atoms with Crippen molar-refractivity contribution in [1.82, 2.24) is 9.88 Å². The molecule has 208 valence electrons. The second-order valence-corrected chi connectivity index (χ2v) is 10.1. The summed E-state index contributed by atoms with van der Waals surface area (Å²) in [7, 11) is 3.09. The van der Waals surface area contributed by atoms with E-state index in [0.29, 0.717) is 31.7 Å². The summed E-state index contributed by atoms with van der Waals surface area (Å²) >= 11 is 0. The number of aromatic nitrogens is 1. The number of benzene rings is 1. The minimum absolute atomic E-state index is 0.000728. The molecule has 9 heteroatoms. The number of unbranched alkanes of at least 4 members (excludes halogenated alkanes) is 2. The fourth-order valence-electron chi connectivity index (χ4n) is 5.51. The number of pyridine rings is 1. The highest BCUT2D eigenvalue weighted by Crippen LogP contribution is 2.36. The van der Waals surface area contributed by atoms with Crippen molar-refractivity contribution in [2.75, 3.05) is 45.8 Å². The average Bonchev–Trinajstić information content (AvgIpc) is 3.37. The molecule has 4 rings (SSSR count). The van der Waals surface area contributed by atoms with Crippen molar-refractivity contribution in [1.29, 1.82) is 0 Å². The highest BCUT2D eigenvalue weighted by Gasteiger charge is 2.36. The number of fused-ring (bicyclic) bond motifs is 1. The summed E-state index contributed by atoms with van der Waals surface area (Å²) in [6.07, 6.45) is 7.25. The number of likely N-dealkylation sites (tertiary alicyclic amines) is 1. The van der Waals surface area contributed by atoms with Gasteiger partial charge < -0.3 is 24.6 Å². The number of nitrogens with one attached hydrogen (secondary N) is 1. The number of rotatable bonds is 13. The fraction of sp³-hybridized carbons (Fsp3) is 0.586. The van der Waals surface area contributed by atoms with Gasteiger partial charge in [0, 0.05) is 49.1 Å². The van der Waals surface area contributed by atoms with Gasteiger partial charge in [-0.1, -0.05) is 13.3 Å². The highest BCUT2D eigenvalue weighted by atomic mass is 19.1. The zero-order valence-electron chi connectivity index (χ0n) is 22.7. The van der Waals surface area contributed by atoms with Crippen LogP contribution in [-0.2, 0) is 28.8 Å². The zero-order chi connectivity index (χ0) is 27.1. The molecule has 38 heavy (non-hydrogen) atoms. The molecule has 0 aliphatic carbocycles. The van der Waals surface area contributed by atoms with Gasteiger partial charge in [-0.25, -0.2) is 9.37 Å². The smallest absolute Gasteiger partial charge is 0.325 e. The van der Waals surface area contributed by atoms with E-state index in [2.05, 4.69) is 11.4 Å². The highest BCUT2D eigenvalue weighted by molar-refractivity contribution is 5.77. The van der Waals surface area contributed by atoms with Crippen LogP contribution in [0.15, 0.2) is 18.2 Å². The van der Waals surface area contributed by atoms with Gasteiger partial charge in [0.1, 0.15) is 17.6 Å². The van der Waals surface area contributed by atoms with Crippen LogP contribution in [0.25, 0.3) is 0 Å². The van der Waals surface area contributed by atoms with Crippen molar-refractivity contribution in [2.45, 2.75) is 70.4 Å². The van der Waals surface area contributed by atoms with E-state index >= 15 is 0 Å². The number of carboxylic acid groups (broad SMARTS) is 1. The number of halogens is 1. The molecule has 2 N–H and O–H groups in total. The summed E-state index contributed by atoms with van der Waals surface area (Å²) in [5, 5.41) is 13.4. The number of methoxy groups -OCH3 is 2. The number of carbonyl (C=O) groups is 1. The lowest BCUT2D eigenvalue weighted by molar-refractivity contribution is -0.143. The number of anilines is 1. The monoisotopic (exact) mass is 529 g/mol. The summed E-state index contributed by atoms with van der Waals surface area (Å²) in [6, 6.07) is 4.24. The Morgan fingerprint density at radius 2 is 2.08 bits per heavy atom. The first-order chi connectivity index (χ1) is 18.4. The number of aryl methyl sites for hydroxylation is 2. The molecule has 0 spiro atoms. The maximum absolute atomic E-state index is 14.6. The van der Waals surface area contributed by atoms with E-state index in [9.17, 15) is 14.3 Å². The molecule has 2 atom stereocenters. The first kappa shape index (κ1) is 28.1. The van der Waals surface area contributed by atoms with Crippen molar-refractivity contribution < 1.29 is 28.5 Å². The Balaban J connectivity index is 1.25. The predicted molar refractivity (Wildman–Crippen MR) is 144 cm³/mol. The van der Waals surface area contributed by atoms with Crippen LogP contribution in [0.3, 0.4) is 0 Å². The van der Waals surface area contributed by atoms with Crippen LogP contribution in [-0.4, -0.2) is 67.5 Å². The molecule has 0 saturated carbocycles. The SMILES string of the molecule is CCc1cc(F)c(OC)c([C@H](C(=O)O)N2CC[C@@H](OCCCCCc3cc(OC)c4c(n3)NCCC4)C2)c1. The lowest BCUT2D eigenvalue weighted by Crippen LogP contribution is -2.34. The van der Waals surface area contributed by atoms with E-state index in [1.165, 1.54) is 18.7 Å². The molecule has 2 aromatic rings. The van der Waals surface area contributed by atoms with Gasteiger partial charge in [0.2, 0.25) is 0 Å². The molecule has 0 unspecified atom stereocenters. The standard InChI is InChI=1S/C29H40FN3O5/c1-4-19-15-23(27(37-3)24(30)16-19)26(29(34)35)33-13-11-21(18-33)38-14-7-5-6-9-20-17-25(36-2)22-10-8-12-31-28(22)32-20/h15-17,21,26H,4-14,18H2,1-3H3,(H,31,32)(H,34,35)/t21-,26-/m1/s1. The molecule has 0 bridgehead atoms. The topological polar surface area (TPSA) is 93.2 Å². The lowest BCUT2D eigenvalue weighted by Gasteiger charge is -2.26. The molecule has 1 aromatic carbocycles. The van der Waals surface area contributed by atoms with Gasteiger partial charge in [-0.05, 0) is 62.6 Å². The molecule has 3 heterocycles. The molecule has 1 aromatic heterocycles. The van der Waals surface area contributed by atoms with Crippen LogP contribution < -0.4 is 14.8 Å². The van der Waals surface area contributed by atoms with Crippen LogP contribution in [0.2, 0.25) is 0 Å². The van der Waals surface area contributed by atoms with Crippen molar-refractivity contribution in [3.05, 3.63) is 46.4 Å². The van der Waals surface area contributed by atoms with E-state index in [4.69, 9.17) is 19.2 Å². The van der Waals surface area contributed by atoms with Crippen molar-refractivity contribution in [3.8, 4) is 11.5 Å². The van der Waals surface area contributed by atoms with Crippen molar-refractivity contribution in [3.63, 3.8) is 0 Å². The van der Waals surface area contributed by atoms with E-state index in [-0.39, 0.29) is 11.9 Å². The number of ether oxygens (including phenoxy) is 3. The van der Waals surface area contributed by atoms with Crippen LogP contribution in [0, 0.1) is 5.82 Å². The molecule has 2 aliphatic heterocycles. The number of hydrogen-bond donors (Lipinski definition) is 2. The number of hydrogen-bond acceptors (Lipinski definition) is 7. The minimum Gasteiger partial charge on any atom is -0.496 e. The van der Waals surface area contributed by atoms with E-state index < -0.39 is 17.8 Å². The maximum Gasteiger partial charge on any atom is 0.325 e. The summed E-state index contributed by atoms with van der Waals surface area (Å²) in [6.45, 7) is 4.55. The Bertz CT molecular complexity index is 1090. The van der Waals surface area contributed by atoms with Gasteiger partial charge in [-0.3, -0.25) is 9.69 Å². The Kier molecular flexibility index (Phi) is 9.80. The average molecular weight is 530 g/mol. The van der Waals surface area contributed by atoms with E-state index in [0.717, 1.165) is 74.3 Å². The zero-order valence-corrected chi connectivity index (χ0v) is 22.7. The summed E-state index contributed by atoms with van der Waals surface area (Å²) < 4.78 is 31.5. The third-order valence-electron chi connectivity index (χ3n) is 7.50. The van der Waals surface area contributed by atoms with Gasteiger partial charge in [0.25, 0.3) is 0 Å². The summed E-state index contributed by atoms with van der Waals surface area (Å²) in [5.41, 5.74) is 3.33. The van der Waals surface area contributed by atoms with Gasteiger partial charge >= 0.3 is 5.97 Å². The predicted octanol–water partition coefficient (Wildman–Crippen LogP) is 4.79. The lowest BCUT2D eigenvalue weighted by atomic mass is 10.00. The largest absolute Gasteiger partial charge is 0.496 e. The van der Waals surface area contributed by atoms with E-state index in [1.807, 2.05) is 11.8 Å². The number of carboxylic acids is 1. The van der Waals surface area contributed by atoms with Gasteiger partial charge in [0.15, 0.2) is 11.6 Å². The molecule has 1 fully saturated rings. The van der Waals surface area contributed by atoms with Crippen molar-refractivity contribution >= 4 is 11.8 Å².